The van der Waals surface area contributed by atoms with Crippen LogP contribution in [0.4, 0.5) is 13.6 Å². The second-order valence-electron chi connectivity index (χ2n) is 6.30. The lowest BCUT2D eigenvalue weighted by Crippen LogP contribution is -2.19. The van der Waals surface area contributed by atoms with Gasteiger partial charge in [0.15, 0.2) is 17.7 Å². The zero-order valence-corrected chi connectivity index (χ0v) is 14.6. The van der Waals surface area contributed by atoms with E-state index in [4.69, 9.17) is 10.5 Å². The topological polar surface area (TPSA) is 96.8 Å². The molecule has 0 aliphatic rings. The van der Waals surface area contributed by atoms with Gasteiger partial charge in [0.1, 0.15) is 5.82 Å². The SMILES string of the molecule is NC(=O)OC(Cc1c[nH]c2cc(F)c(F)cc12)c1ncc(-c2ccccc2)[nH]1. The Hall–Kier alpha value is -3.68. The normalized spacial score (nSPS) is 12.2. The first-order valence-corrected chi connectivity index (χ1v) is 8.52. The fraction of sp³-hybridized carbons (Fsp3) is 0.100. The maximum absolute atomic E-state index is 13.7. The quantitative estimate of drug-likeness (QED) is 0.482. The number of amides is 1. The number of ether oxygens (including phenoxy) is 1. The van der Waals surface area contributed by atoms with E-state index in [0.717, 1.165) is 23.4 Å². The van der Waals surface area contributed by atoms with Crippen molar-refractivity contribution in [2.45, 2.75) is 12.5 Å². The van der Waals surface area contributed by atoms with Crippen LogP contribution in [0.15, 0.2) is 54.9 Å². The summed E-state index contributed by atoms with van der Waals surface area (Å²) >= 11 is 0. The first-order chi connectivity index (χ1) is 13.5. The summed E-state index contributed by atoms with van der Waals surface area (Å²) in [6.07, 6.45) is 1.64. The molecule has 0 bridgehead atoms. The van der Waals surface area contributed by atoms with E-state index in [-0.39, 0.29) is 6.42 Å². The van der Waals surface area contributed by atoms with Gasteiger partial charge in [0.05, 0.1) is 11.9 Å². The lowest BCUT2D eigenvalue weighted by atomic mass is 10.1. The molecular weight excluding hydrogens is 366 g/mol. The second-order valence-corrected chi connectivity index (χ2v) is 6.30. The molecule has 2 aromatic heterocycles. The van der Waals surface area contributed by atoms with Gasteiger partial charge in [-0.05, 0) is 17.2 Å². The van der Waals surface area contributed by atoms with Crippen LogP contribution < -0.4 is 5.73 Å². The van der Waals surface area contributed by atoms with E-state index < -0.39 is 23.8 Å². The van der Waals surface area contributed by atoms with Gasteiger partial charge in [0.2, 0.25) is 0 Å². The summed E-state index contributed by atoms with van der Waals surface area (Å²) in [5.41, 5.74) is 7.96. The molecule has 142 valence electrons. The molecule has 4 rings (SSSR count). The number of nitrogens with one attached hydrogen (secondary N) is 2. The molecule has 0 aliphatic heterocycles. The van der Waals surface area contributed by atoms with E-state index >= 15 is 0 Å². The van der Waals surface area contributed by atoms with Crippen LogP contribution in [0.1, 0.15) is 17.5 Å². The van der Waals surface area contributed by atoms with Gasteiger partial charge >= 0.3 is 6.09 Å². The van der Waals surface area contributed by atoms with Crippen LogP contribution in [0, 0.1) is 11.6 Å². The highest BCUT2D eigenvalue weighted by molar-refractivity contribution is 5.83. The Labute approximate surface area is 158 Å². The molecule has 4 aromatic rings. The van der Waals surface area contributed by atoms with E-state index in [0.29, 0.717) is 22.3 Å². The van der Waals surface area contributed by atoms with Crippen LogP contribution in [-0.2, 0) is 11.2 Å². The average molecular weight is 382 g/mol. The number of H-pyrrole nitrogens is 2. The summed E-state index contributed by atoms with van der Waals surface area (Å²) in [5.74, 6) is -1.50. The van der Waals surface area contributed by atoms with Crippen LogP contribution in [0.5, 0.6) is 0 Å². The van der Waals surface area contributed by atoms with Crippen molar-refractivity contribution in [3.63, 3.8) is 0 Å². The third kappa shape index (κ3) is 3.44. The summed E-state index contributed by atoms with van der Waals surface area (Å²) < 4.78 is 32.3. The molecule has 6 nitrogen and oxygen atoms in total. The van der Waals surface area contributed by atoms with Crippen molar-refractivity contribution >= 4 is 17.0 Å². The van der Waals surface area contributed by atoms with Gasteiger partial charge in [-0.25, -0.2) is 18.6 Å². The minimum atomic E-state index is -0.959. The van der Waals surface area contributed by atoms with Crippen molar-refractivity contribution in [1.29, 1.82) is 0 Å². The number of primary amides is 1. The van der Waals surface area contributed by atoms with Gasteiger partial charge in [0, 0.05) is 29.6 Å². The number of aromatic amines is 2. The van der Waals surface area contributed by atoms with Crippen LogP contribution in [0.2, 0.25) is 0 Å². The number of halogens is 2. The maximum atomic E-state index is 13.7. The lowest BCUT2D eigenvalue weighted by Gasteiger charge is -2.14. The molecule has 0 saturated heterocycles. The number of hydrogen-bond acceptors (Lipinski definition) is 3. The van der Waals surface area contributed by atoms with Crippen molar-refractivity contribution in [2.75, 3.05) is 0 Å². The number of carbonyl (C=O) groups is 1. The van der Waals surface area contributed by atoms with Crippen LogP contribution >= 0.6 is 0 Å². The third-order valence-corrected chi connectivity index (χ3v) is 4.46. The van der Waals surface area contributed by atoms with Gasteiger partial charge in [-0.3, -0.25) is 0 Å². The molecule has 4 N–H and O–H groups in total. The van der Waals surface area contributed by atoms with Gasteiger partial charge in [-0.1, -0.05) is 30.3 Å². The van der Waals surface area contributed by atoms with Crippen molar-refractivity contribution < 1.29 is 18.3 Å². The molecule has 1 unspecified atom stereocenters. The van der Waals surface area contributed by atoms with E-state index in [1.807, 2.05) is 30.3 Å². The average Bonchev–Trinajstić information content (AvgIpc) is 3.30. The Kier molecular flexibility index (Phi) is 4.52. The number of nitrogens with zero attached hydrogens (tertiary/aromatic N) is 1. The van der Waals surface area contributed by atoms with Crippen molar-refractivity contribution in [3.05, 3.63) is 77.9 Å². The van der Waals surface area contributed by atoms with Gasteiger partial charge in [-0.2, -0.15) is 0 Å². The van der Waals surface area contributed by atoms with Crippen LogP contribution in [0.25, 0.3) is 22.2 Å². The van der Waals surface area contributed by atoms with E-state index in [1.54, 1.807) is 12.4 Å². The predicted octanol–water partition coefficient (Wildman–Crippen LogP) is 4.22. The standard InChI is InChI=1S/C20H16F2N4O2/c21-14-7-13-12(9-24-16(13)8-15(14)22)6-18(28-20(23)27)19-25-10-17(26-19)11-4-2-1-3-5-11/h1-5,7-10,18,24H,6H2,(H2,23,27)(H,25,26). The fourth-order valence-electron chi connectivity index (χ4n) is 3.14. The minimum absolute atomic E-state index is 0.176. The Balaban J connectivity index is 1.67. The van der Waals surface area contributed by atoms with Gasteiger partial charge < -0.3 is 20.4 Å². The molecule has 28 heavy (non-hydrogen) atoms. The number of carbonyl (C=O) groups excluding carboxylic acids is 1. The number of aromatic nitrogens is 3. The summed E-state index contributed by atoms with van der Waals surface area (Å²) in [5, 5.41) is 0.492. The Morgan fingerprint density at radius 1 is 1.18 bits per heavy atom. The summed E-state index contributed by atoms with van der Waals surface area (Å²) in [6.45, 7) is 0. The highest BCUT2D eigenvalue weighted by Gasteiger charge is 2.22. The minimum Gasteiger partial charge on any atom is -0.438 e. The zero-order valence-electron chi connectivity index (χ0n) is 14.6. The monoisotopic (exact) mass is 382 g/mol. The first kappa shape index (κ1) is 17.7. The molecule has 0 radical (unpaired) electrons. The first-order valence-electron chi connectivity index (χ1n) is 8.52. The third-order valence-electron chi connectivity index (χ3n) is 4.46. The predicted molar refractivity (Wildman–Crippen MR) is 99.4 cm³/mol. The Bertz CT molecular complexity index is 1140. The molecule has 1 atom stereocenters. The number of hydrogen-bond donors (Lipinski definition) is 3. The molecular formula is C20H16F2N4O2. The number of fused-ring (bicyclic) bond motifs is 1. The number of nitrogens with two attached hydrogens (primary N) is 1. The van der Waals surface area contributed by atoms with Crippen LogP contribution in [-0.4, -0.2) is 21.0 Å². The molecule has 2 aromatic carbocycles. The Morgan fingerprint density at radius 3 is 2.68 bits per heavy atom. The number of benzene rings is 2. The van der Waals surface area contributed by atoms with E-state index in [9.17, 15) is 13.6 Å². The van der Waals surface area contributed by atoms with Crippen molar-refractivity contribution in [1.82, 2.24) is 15.0 Å². The molecule has 8 heteroatoms. The van der Waals surface area contributed by atoms with E-state index in [2.05, 4.69) is 15.0 Å². The molecule has 1 amide bonds. The zero-order chi connectivity index (χ0) is 19.7. The molecule has 0 saturated carbocycles. The van der Waals surface area contributed by atoms with Gasteiger partial charge in [-0.15, -0.1) is 0 Å². The summed E-state index contributed by atoms with van der Waals surface area (Å²) in [6, 6.07) is 11.7. The highest BCUT2D eigenvalue weighted by atomic mass is 19.2. The van der Waals surface area contributed by atoms with Crippen molar-refractivity contribution in [3.8, 4) is 11.3 Å². The maximum Gasteiger partial charge on any atom is 0.405 e. The second kappa shape index (κ2) is 7.15. The van der Waals surface area contributed by atoms with Crippen LogP contribution in [0.3, 0.4) is 0 Å². The number of imidazole rings is 1. The lowest BCUT2D eigenvalue weighted by molar-refractivity contribution is 0.102. The largest absolute Gasteiger partial charge is 0.438 e. The van der Waals surface area contributed by atoms with Gasteiger partial charge in [0.25, 0.3) is 0 Å². The number of rotatable bonds is 5. The molecule has 0 spiro atoms. The smallest absolute Gasteiger partial charge is 0.405 e. The molecule has 0 aliphatic carbocycles. The van der Waals surface area contributed by atoms with Crippen molar-refractivity contribution in [2.24, 2.45) is 5.73 Å². The molecule has 2 heterocycles. The fourth-order valence-corrected chi connectivity index (χ4v) is 3.14. The van der Waals surface area contributed by atoms with E-state index in [1.165, 1.54) is 0 Å². The molecule has 0 fully saturated rings. The summed E-state index contributed by atoms with van der Waals surface area (Å²) in [4.78, 5) is 21.7. The highest BCUT2D eigenvalue weighted by Crippen LogP contribution is 2.28. The Morgan fingerprint density at radius 2 is 1.93 bits per heavy atom. The summed E-state index contributed by atoms with van der Waals surface area (Å²) in [7, 11) is 0.